The zero-order valence-corrected chi connectivity index (χ0v) is 8.40. The fourth-order valence-electron chi connectivity index (χ4n) is 1.02. The highest BCUT2D eigenvalue weighted by Crippen LogP contribution is 2.12. The second kappa shape index (κ2) is 3.70. The molecule has 0 spiro atoms. The second-order valence-electron chi connectivity index (χ2n) is 2.78. The highest BCUT2D eigenvalue weighted by Gasteiger charge is 2.14. The number of aromatic nitrogens is 3. The van der Waals surface area contributed by atoms with E-state index < -0.39 is 10.0 Å². The van der Waals surface area contributed by atoms with Crippen molar-refractivity contribution in [1.82, 2.24) is 15.2 Å². The first-order valence-electron chi connectivity index (χ1n) is 4.10. The summed E-state index contributed by atoms with van der Waals surface area (Å²) in [7, 11) is -3.55. The van der Waals surface area contributed by atoms with Crippen molar-refractivity contribution in [3.63, 3.8) is 0 Å². The van der Waals surface area contributed by atoms with E-state index in [1.54, 1.807) is 18.3 Å². The second-order valence-corrected chi connectivity index (χ2v) is 4.46. The topological polar surface area (TPSA) is 87.7 Å². The summed E-state index contributed by atoms with van der Waals surface area (Å²) in [5, 5.41) is 6.01. The molecule has 0 aliphatic rings. The molecule has 0 radical (unpaired) electrons. The lowest BCUT2D eigenvalue weighted by Gasteiger charge is -2.04. The minimum atomic E-state index is -3.55. The molecule has 2 aromatic heterocycles. The first-order valence-corrected chi connectivity index (χ1v) is 5.58. The number of pyridine rings is 1. The molecule has 2 N–H and O–H groups in total. The molecule has 0 fully saturated rings. The molecule has 0 aromatic carbocycles. The number of aromatic amines is 1. The molecule has 0 saturated heterocycles. The van der Waals surface area contributed by atoms with Crippen LogP contribution in [0.5, 0.6) is 0 Å². The van der Waals surface area contributed by atoms with Gasteiger partial charge in [-0.05, 0) is 12.1 Å². The quantitative estimate of drug-likeness (QED) is 0.799. The van der Waals surface area contributed by atoms with Gasteiger partial charge in [-0.25, -0.2) is 8.42 Å². The number of hydrogen-bond donors (Lipinski definition) is 2. The third-order valence-corrected chi connectivity index (χ3v) is 3.05. The third-order valence-electron chi connectivity index (χ3n) is 1.70. The molecular weight excluding hydrogens is 216 g/mol. The summed E-state index contributed by atoms with van der Waals surface area (Å²) in [4.78, 5) is 3.89. The summed E-state index contributed by atoms with van der Waals surface area (Å²) in [5.74, 6) is 0. The first-order chi connectivity index (χ1) is 7.18. The molecule has 0 amide bonds. The number of rotatable bonds is 3. The fraction of sp³-hybridized carbons (Fsp3) is 0. The Balaban J connectivity index is 2.27. The van der Waals surface area contributed by atoms with Crippen LogP contribution in [-0.4, -0.2) is 23.6 Å². The van der Waals surface area contributed by atoms with Gasteiger partial charge < -0.3 is 0 Å². The van der Waals surface area contributed by atoms with Gasteiger partial charge in [-0.3, -0.25) is 14.8 Å². The van der Waals surface area contributed by atoms with Gasteiger partial charge >= 0.3 is 0 Å². The average Bonchev–Trinajstić information content (AvgIpc) is 2.71. The van der Waals surface area contributed by atoms with Gasteiger partial charge in [-0.1, -0.05) is 0 Å². The van der Waals surface area contributed by atoms with Gasteiger partial charge in [0.25, 0.3) is 10.0 Å². The molecule has 78 valence electrons. The van der Waals surface area contributed by atoms with Crippen LogP contribution in [0.2, 0.25) is 0 Å². The van der Waals surface area contributed by atoms with E-state index in [1.807, 2.05) is 0 Å². The number of anilines is 1. The van der Waals surface area contributed by atoms with Crippen molar-refractivity contribution in [2.45, 2.75) is 4.90 Å². The van der Waals surface area contributed by atoms with Crippen LogP contribution >= 0.6 is 0 Å². The lowest BCUT2D eigenvalue weighted by atomic mass is 10.4. The molecule has 0 aliphatic carbocycles. The van der Waals surface area contributed by atoms with E-state index in [0.29, 0.717) is 5.69 Å². The molecule has 0 unspecified atom stereocenters. The van der Waals surface area contributed by atoms with Crippen LogP contribution in [0.15, 0.2) is 41.8 Å². The Kier molecular flexibility index (Phi) is 2.38. The molecule has 2 rings (SSSR count). The van der Waals surface area contributed by atoms with Crippen LogP contribution in [0.1, 0.15) is 0 Å². The van der Waals surface area contributed by atoms with Gasteiger partial charge in [-0.15, -0.1) is 0 Å². The Labute approximate surface area is 86.4 Å². The van der Waals surface area contributed by atoms with Gasteiger partial charge in [0.1, 0.15) is 4.90 Å². The van der Waals surface area contributed by atoms with Crippen molar-refractivity contribution >= 4 is 15.7 Å². The third kappa shape index (κ3) is 2.13. The molecule has 0 saturated carbocycles. The molecule has 15 heavy (non-hydrogen) atoms. The van der Waals surface area contributed by atoms with Crippen LogP contribution in [0.4, 0.5) is 5.69 Å². The maximum atomic E-state index is 11.7. The minimum Gasteiger partial charge on any atom is -0.284 e. The predicted molar refractivity (Wildman–Crippen MR) is 53.6 cm³/mol. The minimum absolute atomic E-state index is 0.0892. The van der Waals surface area contributed by atoms with Gasteiger partial charge in [0.2, 0.25) is 0 Å². The maximum absolute atomic E-state index is 11.7. The van der Waals surface area contributed by atoms with Gasteiger partial charge in [0, 0.05) is 12.4 Å². The van der Waals surface area contributed by atoms with Crippen LogP contribution in [-0.2, 0) is 10.0 Å². The summed E-state index contributed by atoms with van der Waals surface area (Å²) in [6.07, 6.45) is 5.53. The lowest BCUT2D eigenvalue weighted by molar-refractivity contribution is 0.601. The van der Waals surface area contributed by atoms with E-state index in [9.17, 15) is 8.42 Å². The largest absolute Gasteiger partial charge is 0.284 e. The summed E-state index contributed by atoms with van der Waals surface area (Å²) in [5.41, 5.74) is 0.415. The van der Waals surface area contributed by atoms with Crippen molar-refractivity contribution < 1.29 is 8.42 Å². The highest BCUT2D eigenvalue weighted by molar-refractivity contribution is 7.92. The summed E-state index contributed by atoms with van der Waals surface area (Å²) in [6, 6.07) is 3.26. The van der Waals surface area contributed by atoms with Crippen molar-refractivity contribution in [2.75, 3.05) is 4.72 Å². The Morgan fingerprint density at radius 2 is 2.20 bits per heavy atom. The Morgan fingerprint density at radius 3 is 2.80 bits per heavy atom. The number of sulfonamides is 1. The molecular formula is C8H8N4O2S. The molecule has 0 aliphatic heterocycles. The van der Waals surface area contributed by atoms with Gasteiger partial charge in [0.15, 0.2) is 0 Å². The monoisotopic (exact) mass is 224 g/mol. The van der Waals surface area contributed by atoms with E-state index >= 15 is 0 Å². The van der Waals surface area contributed by atoms with Gasteiger partial charge in [0.05, 0.1) is 18.1 Å². The first kappa shape index (κ1) is 9.66. The molecule has 6 nitrogen and oxygen atoms in total. The highest BCUT2D eigenvalue weighted by atomic mass is 32.2. The Bertz CT molecular complexity index is 521. The molecule has 0 atom stereocenters. The van der Waals surface area contributed by atoms with Crippen LogP contribution in [0.25, 0.3) is 0 Å². The average molecular weight is 224 g/mol. The Morgan fingerprint density at radius 1 is 1.33 bits per heavy atom. The van der Waals surface area contributed by atoms with E-state index in [0.717, 1.165) is 0 Å². The molecule has 0 bridgehead atoms. The Hall–Kier alpha value is -1.89. The number of nitrogens with zero attached hydrogens (tertiary/aromatic N) is 2. The normalized spacial score (nSPS) is 11.2. The maximum Gasteiger partial charge on any atom is 0.265 e. The van der Waals surface area contributed by atoms with Crippen LogP contribution < -0.4 is 4.72 Å². The standard InChI is InChI=1S/C8H8N4O2S/c13-15(14,8-5-10-11-6-8)12-7-2-1-3-9-4-7/h1-6,12H,(H,10,11). The SMILES string of the molecule is O=S(=O)(Nc1cccnc1)c1cn[nH]c1. The zero-order valence-electron chi connectivity index (χ0n) is 7.58. The summed E-state index contributed by atoms with van der Waals surface area (Å²) >= 11 is 0. The smallest absolute Gasteiger partial charge is 0.265 e. The summed E-state index contributed by atoms with van der Waals surface area (Å²) in [6.45, 7) is 0. The predicted octanol–water partition coefficient (Wildman–Crippen LogP) is 0.605. The van der Waals surface area contributed by atoms with Crippen molar-refractivity contribution in [3.05, 3.63) is 36.9 Å². The van der Waals surface area contributed by atoms with E-state index in [4.69, 9.17) is 0 Å². The number of nitrogens with one attached hydrogen (secondary N) is 2. The van der Waals surface area contributed by atoms with Crippen LogP contribution in [0, 0.1) is 0 Å². The number of H-pyrrole nitrogens is 1. The van der Waals surface area contributed by atoms with Crippen molar-refractivity contribution in [1.29, 1.82) is 0 Å². The summed E-state index contributed by atoms with van der Waals surface area (Å²) < 4.78 is 25.7. The molecule has 7 heteroatoms. The fourth-order valence-corrected chi connectivity index (χ4v) is 1.97. The van der Waals surface area contributed by atoms with Crippen molar-refractivity contribution in [3.8, 4) is 0 Å². The van der Waals surface area contributed by atoms with E-state index in [-0.39, 0.29) is 4.90 Å². The van der Waals surface area contributed by atoms with Crippen molar-refractivity contribution in [2.24, 2.45) is 0 Å². The lowest BCUT2D eigenvalue weighted by Crippen LogP contribution is -2.12. The van der Waals surface area contributed by atoms with Gasteiger partial charge in [-0.2, -0.15) is 5.10 Å². The van der Waals surface area contributed by atoms with Crippen LogP contribution in [0.3, 0.4) is 0 Å². The molecule has 2 aromatic rings. The van der Waals surface area contributed by atoms with E-state index in [1.165, 1.54) is 18.6 Å². The van der Waals surface area contributed by atoms with E-state index in [2.05, 4.69) is 19.9 Å². The molecule has 2 heterocycles. The zero-order chi connectivity index (χ0) is 10.7. The number of hydrogen-bond acceptors (Lipinski definition) is 4.